The van der Waals surface area contributed by atoms with Crippen LogP contribution >= 0.6 is 35.6 Å². The Morgan fingerprint density at radius 2 is 1.95 bits per heavy atom. The number of hydrogen-bond donors (Lipinski definition) is 1. The second-order valence-electron chi connectivity index (χ2n) is 4.06. The monoisotopic (exact) mass is 307 g/mol. The first kappa shape index (κ1) is 12.8. The minimum atomic E-state index is 0.0758. The number of thioether (sulfide) groups is 1. The normalized spacial score (nSPS) is 18.4. The summed E-state index contributed by atoms with van der Waals surface area (Å²) in [6.45, 7) is 0. The van der Waals surface area contributed by atoms with E-state index in [1.54, 1.807) is 24.2 Å². The van der Waals surface area contributed by atoms with Gasteiger partial charge in [0.25, 0.3) is 0 Å². The minimum Gasteiger partial charge on any atom is -0.362 e. The number of nitrogens with zero attached hydrogens (tertiary/aromatic N) is 2. The summed E-state index contributed by atoms with van der Waals surface area (Å²) in [6, 6.07) is 7.62. The van der Waals surface area contributed by atoms with Crippen LogP contribution in [0.25, 0.3) is 11.3 Å². The van der Waals surface area contributed by atoms with Crippen LogP contribution in [-0.4, -0.2) is 20.7 Å². The molecule has 1 fully saturated rings. The Hall–Kier alpha value is -1.17. The average molecular weight is 308 g/mol. The van der Waals surface area contributed by atoms with Gasteiger partial charge >= 0.3 is 0 Å². The standard InChI is InChI=1S/C13H10ClN3S2/c14-9-3-1-8(2-4-9)11-12(16-6-5-15-11)13-17-10(18)7-19-13/h1-6,13H,7H2,(H,17,18). The molecule has 1 atom stereocenters. The van der Waals surface area contributed by atoms with E-state index in [9.17, 15) is 0 Å². The van der Waals surface area contributed by atoms with Crippen molar-refractivity contribution < 1.29 is 0 Å². The van der Waals surface area contributed by atoms with Gasteiger partial charge in [0.05, 0.1) is 16.4 Å². The van der Waals surface area contributed by atoms with E-state index in [-0.39, 0.29) is 5.37 Å². The first-order valence-electron chi connectivity index (χ1n) is 5.72. The van der Waals surface area contributed by atoms with Gasteiger partial charge in [-0.1, -0.05) is 36.0 Å². The zero-order valence-corrected chi connectivity index (χ0v) is 12.2. The number of rotatable bonds is 2. The summed E-state index contributed by atoms with van der Waals surface area (Å²) in [5.41, 5.74) is 2.79. The van der Waals surface area contributed by atoms with Gasteiger partial charge < -0.3 is 5.32 Å². The molecule has 1 aliphatic heterocycles. The summed E-state index contributed by atoms with van der Waals surface area (Å²) in [5, 5.41) is 4.05. The van der Waals surface area contributed by atoms with Gasteiger partial charge in [-0.2, -0.15) is 0 Å². The van der Waals surface area contributed by atoms with Crippen LogP contribution in [0.4, 0.5) is 0 Å². The van der Waals surface area contributed by atoms with Crippen molar-refractivity contribution >= 4 is 40.6 Å². The molecule has 1 aromatic carbocycles. The molecule has 0 amide bonds. The maximum atomic E-state index is 5.92. The molecule has 96 valence electrons. The largest absolute Gasteiger partial charge is 0.362 e. The van der Waals surface area contributed by atoms with Gasteiger partial charge in [0.1, 0.15) is 5.37 Å². The number of nitrogens with one attached hydrogen (secondary N) is 1. The van der Waals surface area contributed by atoms with Crippen LogP contribution in [0.3, 0.4) is 0 Å². The minimum absolute atomic E-state index is 0.0758. The topological polar surface area (TPSA) is 37.8 Å². The van der Waals surface area contributed by atoms with Crippen LogP contribution in [0, 0.1) is 0 Å². The van der Waals surface area contributed by atoms with Crippen molar-refractivity contribution in [1.82, 2.24) is 15.3 Å². The maximum Gasteiger partial charge on any atom is 0.118 e. The molecule has 1 unspecified atom stereocenters. The lowest BCUT2D eigenvalue weighted by Crippen LogP contribution is -2.19. The van der Waals surface area contributed by atoms with Gasteiger partial charge in [0, 0.05) is 28.7 Å². The van der Waals surface area contributed by atoms with Crippen LogP contribution in [0.15, 0.2) is 36.7 Å². The van der Waals surface area contributed by atoms with E-state index in [1.165, 1.54) is 0 Å². The van der Waals surface area contributed by atoms with Crippen molar-refractivity contribution in [3.8, 4) is 11.3 Å². The Kier molecular flexibility index (Phi) is 3.68. The number of thiocarbonyl (C=S) groups is 1. The Labute approximate surface area is 125 Å². The predicted molar refractivity (Wildman–Crippen MR) is 83.4 cm³/mol. The molecule has 2 heterocycles. The quantitative estimate of drug-likeness (QED) is 0.860. The maximum absolute atomic E-state index is 5.92. The van der Waals surface area contributed by atoms with Crippen molar-refractivity contribution in [2.24, 2.45) is 0 Å². The summed E-state index contributed by atoms with van der Waals surface area (Å²) in [5.74, 6) is 0.830. The van der Waals surface area contributed by atoms with Crippen molar-refractivity contribution in [2.45, 2.75) is 5.37 Å². The fourth-order valence-electron chi connectivity index (χ4n) is 1.91. The van der Waals surface area contributed by atoms with E-state index in [1.807, 2.05) is 24.3 Å². The molecule has 2 aromatic rings. The fraction of sp³-hybridized carbons (Fsp3) is 0.154. The Bertz CT molecular complexity index is 616. The molecule has 19 heavy (non-hydrogen) atoms. The van der Waals surface area contributed by atoms with Crippen LogP contribution in [0.1, 0.15) is 11.1 Å². The Morgan fingerprint density at radius 1 is 1.21 bits per heavy atom. The van der Waals surface area contributed by atoms with Gasteiger partial charge in [-0.15, -0.1) is 11.8 Å². The molecule has 0 radical (unpaired) electrons. The summed E-state index contributed by atoms with van der Waals surface area (Å²) >= 11 is 12.8. The van der Waals surface area contributed by atoms with Crippen LogP contribution in [-0.2, 0) is 0 Å². The zero-order chi connectivity index (χ0) is 13.2. The molecular formula is C13H10ClN3S2. The predicted octanol–water partition coefficient (Wildman–Crippen LogP) is 3.46. The number of halogens is 1. The number of hydrogen-bond acceptors (Lipinski definition) is 4. The van der Waals surface area contributed by atoms with Crippen molar-refractivity contribution in [2.75, 3.05) is 5.75 Å². The fourth-order valence-corrected chi connectivity index (χ4v) is 3.39. The highest BCUT2D eigenvalue weighted by molar-refractivity contribution is 8.02. The van der Waals surface area contributed by atoms with Gasteiger partial charge in [0.2, 0.25) is 0 Å². The van der Waals surface area contributed by atoms with Crippen molar-refractivity contribution in [3.63, 3.8) is 0 Å². The molecular weight excluding hydrogens is 298 g/mol. The molecule has 0 saturated carbocycles. The highest BCUT2D eigenvalue weighted by Crippen LogP contribution is 2.34. The van der Waals surface area contributed by atoms with Gasteiger partial charge in [-0.3, -0.25) is 9.97 Å². The molecule has 1 saturated heterocycles. The smallest absolute Gasteiger partial charge is 0.118 e. The van der Waals surface area contributed by atoms with Gasteiger partial charge in [-0.05, 0) is 12.1 Å². The van der Waals surface area contributed by atoms with E-state index in [0.29, 0.717) is 5.02 Å². The third-order valence-electron chi connectivity index (χ3n) is 2.77. The third kappa shape index (κ3) is 2.73. The summed E-state index contributed by atoms with van der Waals surface area (Å²) < 4.78 is 0. The van der Waals surface area contributed by atoms with Crippen molar-refractivity contribution in [1.29, 1.82) is 0 Å². The SMILES string of the molecule is S=C1CSC(c2nccnc2-c2ccc(Cl)cc2)N1. The summed E-state index contributed by atoms with van der Waals surface area (Å²) in [7, 11) is 0. The Balaban J connectivity index is 2.02. The van der Waals surface area contributed by atoms with Crippen molar-refractivity contribution in [3.05, 3.63) is 47.4 Å². The van der Waals surface area contributed by atoms with Gasteiger partial charge in [-0.25, -0.2) is 0 Å². The molecule has 1 aromatic heterocycles. The van der Waals surface area contributed by atoms with E-state index in [4.69, 9.17) is 23.8 Å². The van der Waals surface area contributed by atoms with Crippen LogP contribution in [0.5, 0.6) is 0 Å². The first-order valence-corrected chi connectivity index (χ1v) is 7.55. The molecule has 0 aliphatic carbocycles. The molecule has 0 spiro atoms. The van der Waals surface area contributed by atoms with Crippen LogP contribution in [0.2, 0.25) is 5.02 Å². The molecule has 0 bridgehead atoms. The molecule has 1 aliphatic rings. The molecule has 1 N–H and O–H groups in total. The van der Waals surface area contributed by atoms with E-state index in [2.05, 4.69) is 15.3 Å². The number of benzene rings is 1. The molecule has 3 rings (SSSR count). The van der Waals surface area contributed by atoms with E-state index >= 15 is 0 Å². The lowest BCUT2D eigenvalue weighted by Gasteiger charge is -2.13. The third-order valence-corrected chi connectivity index (χ3v) is 4.59. The highest BCUT2D eigenvalue weighted by atomic mass is 35.5. The highest BCUT2D eigenvalue weighted by Gasteiger charge is 2.25. The van der Waals surface area contributed by atoms with Gasteiger partial charge in [0.15, 0.2) is 0 Å². The zero-order valence-electron chi connectivity index (χ0n) is 9.84. The second kappa shape index (κ2) is 5.45. The molecule has 6 heteroatoms. The van der Waals surface area contributed by atoms with E-state index < -0.39 is 0 Å². The Morgan fingerprint density at radius 3 is 2.63 bits per heavy atom. The summed E-state index contributed by atoms with van der Waals surface area (Å²) in [4.78, 5) is 9.77. The molecule has 3 nitrogen and oxygen atoms in total. The van der Waals surface area contributed by atoms with E-state index in [0.717, 1.165) is 27.7 Å². The first-order chi connectivity index (χ1) is 9.24. The van der Waals surface area contributed by atoms with Crippen LogP contribution < -0.4 is 5.32 Å². The lowest BCUT2D eigenvalue weighted by atomic mass is 10.1. The number of aromatic nitrogens is 2. The average Bonchev–Trinajstić information content (AvgIpc) is 2.86. The second-order valence-corrected chi connectivity index (χ2v) is 6.08. The summed E-state index contributed by atoms with van der Waals surface area (Å²) in [6.07, 6.45) is 3.41. The lowest BCUT2D eigenvalue weighted by molar-refractivity contribution is 0.865.